The highest BCUT2D eigenvalue weighted by molar-refractivity contribution is 5.32. The first kappa shape index (κ1) is 12.0. The van der Waals surface area contributed by atoms with Crippen molar-refractivity contribution in [3.63, 3.8) is 0 Å². The van der Waals surface area contributed by atoms with Gasteiger partial charge in [-0.15, -0.1) is 0 Å². The molecule has 0 saturated heterocycles. The van der Waals surface area contributed by atoms with Gasteiger partial charge in [0.25, 0.3) is 6.01 Å². The molecular formula is C14H23N3O. The Morgan fingerprint density at radius 1 is 1.39 bits per heavy atom. The molecule has 4 nitrogen and oxygen atoms in total. The molecule has 0 radical (unpaired) electrons. The van der Waals surface area contributed by atoms with Crippen molar-refractivity contribution < 1.29 is 4.42 Å². The predicted octanol–water partition coefficient (Wildman–Crippen LogP) is 2.55. The largest absolute Gasteiger partial charge is 0.432 e. The van der Waals surface area contributed by atoms with Crippen LogP contribution in [0.4, 0.5) is 6.01 Å². The first-order valence-electron chi connectivity index (χ1n) is 7.28. The molecule has 2 aliphatic carbocycles. The van der Waals surface area contributed by atoms with E-state index in [1.807, 2.05) is 0 Å². The number of nitrogens with zero attached hydrogens (tertiary/aromatic N) is 2. The van der Waals surface area contributed by atoms with Crippen LogP contribution in [0.2, 0.25) is 0 Å². The van der Waals surface area contributed by atoms with E-state index in [9.17, 15) is 0 Å². The number of anilines is 1. The fraction of sp³-hybridized carbons (Fsp3) is 0.786. The molecule has 4 heteroatoms. The van der Waals surface area contributed by atoms with E-state index in [-0.39, 0.29) is 0 Å². The van der Waals surface area contributed by atoms with Crippen LogP contribution in [0.25, 0.3) is 0 Å². The van der Waals surface area contributed by atoms with Gasteiger partial charge in [0, 0.05) is 19.1 Å². The van der Waals surface area contributed by atoms with Crippen LogP contribution >= 0.6 is 0 Å². The highest BCUT2D eigenvalue weighted by atomic mass is 16.4. The summed E-state index contributed by atoms with van der Waals surface area (Å²) in [5.41, 5.74) is 1.03. The van der Waals surface area contributed by atoms with Gasteiger partial charge in [-0.25, -0.2) is 0 Å². The van der Waals surface area contributed by atoms with E-state index in [2.05, 4.69) is 22.1 Å². The minimum Gasteiger partial charge on any atom is -0.432 e. The van der Waals surface area contributed by atoms with Crippen LogP contribution < -0.4 is 10.2 Å². The van der Waals surface area contributed by atoms with E-state index in [0.717, 1.165) is 43.7 Å². The maximum Gasteiger partial charge on any atom is 0.297 e. The lowest BCUT2D eigenvalue weighted by atomic mass is 10.4. The molecule has 0 spiro atoms. The Bertz CT molecular complexity index is 382. The zero-order chi connectivity index (χ0) is 12.4. The number of hydrogen-bond donors (Lipinski definition) is 1. The Morgan fingerprint density at radius 2 is 2.22 bits per heavy atom. The number of nitrogens with one attached hydrogen (secondary N) is 1. The molecule has 1 aromatic heterocycles. The van der Waals surface area contributed by atoms with Crippen molar-refractivity contribution in [1.82, 2.24) is 10.3 Å². The number of hydrogen-bond acceptors (Lipinski definition) is 4. The van der Waals surface area contributed by atoms with Gasteiger partial charge in [-0.05, 0) is 44.6 Å². The third kappa shape index (κ3) is 3.05. The van der Waals surface area contributed by atoms with E-state index in [0.29, 0.717) is 6.04 Å². The minimum atomic E-state index is 0.695. The molecule has 0 aliphatic heterocycles. The molecule has 0 bridgehead atoms. The van der Waals surface area contributed by atoms with E-state index >= 15 is 0 Å². The van der Waals surface area contributed by atoms with Crippen molar-refractivity contribution in [2.24, 2.45) is 5.92 Å². The molecule has 0 atom stereocenters. The summed E-state index contributed by atoms with van der Waals surface area (Å²) < 4.78 is 5.66. The lowest BCUT2D eigenvalue weighted by Gasteiger charge is -2.19. The Morgan fingerprint density at radius 3 is 2.89 bits per heavy atom. The molecule has 2 aliphatic rings. The topological polar surface area (TPSA) is 41.3 Å². The molecule has 0 amide bonds. The summed E-state index contributed by atoms with van der Waals surface area (Å²) in [5.74, 6) is 0.888. The van der Waals surface area contributed by atoms with Gasteiger partial charge in [0.2, 0.25) is 0 Å². The maximum absolute atomic E-state index is 5.66. The first-order valence-corrected chi connectivity index (χ1v) is 7.28. The maximum atomic E-state index is 5.66. The second-order valence-electron chi connectivity index (χ2n) is 5.63. The average Bonchev–Trinajstić information content (AvgIpc) is 3.27. The fourth-order valence-electron chi connectivity index (χ4n) is 2.25. The van der Waals surface area contributed by atoms with E-state index in [4.69, 9.17) is 4.42 Å². The lowest BCUT2D eigenvalue weighted by Crippen LogP contribution is -2.28. The Labute approximate surface area is 109 Å². The normalized spacial score (nSPS) is 19.2. The molecule has 1 heterocycles. The second-order valence-corrected chi connectivity index (χ2v) is 5.63. The van der Waals surface area contributed by atoms with Crippen LogP contribution in [-0.4, -0.2) is 24.1 Å². The van der Waals surface area contributed by atoms with Crippen LogP contribution in [0.15, 0.2) is 10.7 Å². The summed E-state index contributed by atoms with van der Waals surface area (Å²) in [7, 11) is 0. The minimum absolute atomic E-state index is 0.695. The van der Waals surface area contributed by atoms with Gasteiger partial charge in [0.05, 0.1) is 5.69 Å². The number of oxazole rings is 1. The van der Waals surface area contributed by atoms with Crippen molar-refractivity contribution in [3.8, 4) is 0 Å². The van der Waals surface area contributed by atoms with Crippen LogP contribution in [0, 0.1) is 5.92 Å². The molecule has 0 aromatic carbocycles. The third-order valence-electron chi connectivity index (χ3n) is 3.66. The van der Waals surface area contributed by atoms with Crippen molar-refractivity contribution >= 4 is 6.01 Å². The lowest BCUT2D eigenvalue weighted by molar-refractivity contribution is 0.522. The molecule has 1 N–H and O–H groups in total. The molecule has 2 saturated carbocycles. The van der Waals surface area contributed by atoms with Crippen molar-refractivity contribution in [3.05, 3.63) is 12.0 Å². The summed E-state index contributed by atoms with van der Waals surface area (Å²) in [6, 6.07) is 1.54. The van der Waals surface area contributed by atoms with Gasteiger partial charge in [0.15, 0.2) is 0 Å². The Kier molecular flexibility index (Phi) is 3.55. The van der Waals surface area contributed by atoms with Gasteiger partial charge in [-0.1, -0.05) is 6.92 Å². The van der Waals surface area contributed by atoms with Gasteiger partial charge < -0.3 is 14.6 Å². The van der Waals surface area contributed by atoms with Gasteiger partial charge >= 0.3 is 0 Å². The smallest absolute Gasteiger partial charge is 0.297 e. The van der Waals surface area contributed by atoms with Crippen LogP contribution in [0.1, 0.15) is 44.7 Å². The molecule has 1 aromatic rings. The molecule has 2 fully saturated rings. The average molecular weight is 249 g/mol. The molecule has 0 unspecified atom stereocenters. The van der Waals surface area contributed by atoms with E-state index in [1.54, 1.807) is 6.26 Å². The summed E-state index contributed by atoms with van der Waals surface area (Å²) in [6.45, 7) is 5.18. The van der Waals surface area contributed by atoms with Crippen molar-refractivity contribution in [2.45, 2.75) is 51.6 Å². The molecule has 3 rings (SSSR count). The van der Waals surface area contributed by atoms with E-state index < -0.39 is 0 Å². The van der Waals surface area contributed by atoms with Crippen molar-refractivity contribution in [2.75, 3.05) is 18.0 Å². The van der Waals surface area contributed by atoms with Gasteiger partial charge in [0.1, 0.15) is 6.26 Å². The monoisotopic (exact) mass is 249 g/mol. The fourth-order valence-corrected chi connectivity index (χ4v) is 2.25. The number of aromatic nitrogens is 1. The highest BCUT2D eigenvalue weighted by Gasteiger charge is 2.36. The first-order chi connectivity index (χ1) is 8.86. The van der Waals surface area contributed by atoms with Crippen LogP contribution in [0.3, 0.4) is 0 Å². The Balaban J connectivity index is 1.58. The number of rotatable bonds is 8. The standard InChI is InChI=1S/C14H23N3O/c1-2-7-15-8-12-10-18-14(16-12)17(13-5-6-13)9-11-3-4-11/h10-11,13,15H,2-9H2,1H3. The summed E-state index contributed by atoms with van der Waals surface area (Å²) >= 11 is 0. The Hall–Kier alpha value is -1.03. The summed E-state index contributed by atoms with van der Waals surface area (Å²) in [6.07, 6.45) is 8.33. The van der Waals surface area contributed by atoms with Gasteiger partial charge in [-0.3, -0.25) is 0 Å². The molecule has 100 valence electrons. The SMILES string of the molecule is CCCNCc1coc(N(CC2CC2)C2CC2)n1. The zero-order valence-electron chi connectivity index (χ0n) is 11.2. The highest BCUT2D eigenvalue weighted by Crippen LogP contribution is 2.37. The summed E-state index contributed by atoms with van der Waals surface area (Å²) in [4.78, 5) is 7.01. The summed E-state index contributed by atoms with van der Waals surface area (Å²) in [5, 5.41) is 3.36. The van der Waals surface area contributed by atoms with Crippen molar-refractivity contribution in [1.29, 1.82) is 0 Å². The van der Waals surface area contributed by atoms with Crippen LogP contribution in [0.5, 0.6) is 0 Å². The predicted molar refractivity (Wildman–Crippen MR) is 71.6 cm³/mol. The molecular weight excluding hydrogens is 226 g/mol. The quantitative estimate of drug-likeness (QED) is 0.719. The van der Waals surface area contributed by atoms with E-state index in [1.165, 1.54) is 25.7 Å². The third-order valence-corrected chi connectivity index (χ3v) is 3.66. The van der Waals surface area contributed by atoms with Gasteiger partial charge in [-0.2, -0.15) is 4.98 Å². The molecule has 18 heavy (non-hydrogen) atoms. The van der Waals surface area contributed by atoms with Crippen LogP contribution in [-0.2, 0) is 6.54 Å². The second kappa shape index (κ2) is 5.31. The zero-order valence-corrected chi connectivity index (χ0v) is 11.2.